The Labute approximate surface area is 168 Å². The second-order valence-electron chi connectivity index (χ2n) is 6.77. The summed E-state index contributed by atoms with van der Waals surface area (Å²) in [6.07, 6.45) is 3.93. The van der Waals surface area contributed by atoms with Crippen LogP contribution in [0.15, 0.2) is 54.2 Å². The van der Waals surface area contributed by atoms with Crippen molar-refractivity contribution in [2.24, 2.45) is 5.73 Å². The van der Waals surface area contributed by atoms with Crippen LogP contribution in [0.25, 0.3) is 17.0 Å². The van der Waals surface area contributed by atoms with Crippen LogP contribution in [0.4, 0.5) is 11.6 Å². The summed E-state index contributed by atoms with van der Waals surface area (Å²) in [5.74, 6) is 0.597. The summed E-state index contributed by atoms with van der Waals surface area (Å²) in [5, 5.41) is 4.28. The number of nitrogens with one attached hydrogen (secondary N) is 1. The lowest BCUT2D eigenvalue weighted by Gasteiger charge is -2.11. The quantitative estimate of drug-likeness (QED) is 0.644. The van der Waals surface area contributed by atoms with Crippen LogP contribution in [0.1, 0.15) is 31.9 Å². The lowest BCUT2D eigenvalue weighted by Crippen LogP contribution is -2.10. The van der Waals surface area contributed by atoms with Gasteiger partial charge >= 0.3 is 0 Å². The fourth-order valence-electron chi connectivity index (χ4n) is 2.73. The largest absolute Gasteiger partial charge is 0.327 e. The van der Waals surface area contributed by atoms with Crippen molar-refractivity contribution >= 4 is 28.6 Å². The van der Waals surface area contributed by atoms with Crippen LogP contribution in [0.5, 0.6) is 0 Å². The van der Waals surface area contributed by atoms with E-state index < -0.39 is 0 Å². The van der Waals surface area contributed by atoms with Gasteiger partial charge in [0.05, 0.1) is 5.52 Å². The molecule has 5 heteroatoms. The Bertz CT molecular complexity index is 914. The number of hydrogen-bond acceptors (Lipinski definition) is 5. The Kier molecular flexibility index (Phi) is 8.11. The molecule has 0 aliphatic rings. The lowest BCUT2D eigenvalue weighted by molar-refractivity contribution is 0.402. The number of nitrogens with zero attached hydrogens (tertiary/aromatic N) is 3. The average Bonchev–Trinajstić information content (AvgIpc) is 2.70. The van der Waals surface area contributed by atoms with E-state index in [4.69, 9.17) is 5.73 Å². The fourth-order valence-corrected chi connectivity index (χ4v) is 2.73. The second kappa shape index (κ2) is 10.5. The maximum absolute atomic E-state index is 5.65. The third-order valence-electron chi connectivity index (χ3n) is 4.05. The Morgan fingerprint density at radius 1 is 1.11 bits per heavy atom. The Balaban J connectivity index is 0.00000136. The molecule has 0 saturated carbocycles. The highest BCUT2D eigenvalue weighted by molar-refractivity contribution is 5.82. The molecule has 0 radical (unpaired) electrons. The molecule has 2 aromatic carbocycles. The number of rotatable bonds is 6. The molecular weight excluding hydrogens is 346 g/mol. The van der Waals surface area contributed by atoms with Gasteiger partial charge in [0.1, 0.15) is 0 Å². The SMILES string of the molecule is C/C(=C\c1ccc2nc(Nc3ccc(CN(C)C)cc3)ncc2c1)CN.CC. The van der Waals surface area contributed by atoms with Crippen LogP contribution >= 0.6 is 0 Å². The first-order valence-electron chi connectivity index (χ1n) is 9.68. The van der Waals surface area contributed by atoms with E-state index in [1.165, 1.54) is 5.56 Å². The minimum absolute atomic E-state index is 0.560. The van der Waals surface area contributed by atoms with E-state index in [9.17, 15) is 0 Å². The molecule has 0 aliphatic carbocycles. The molecule has 0 atom stereocenters. The highest BCUT2D eigenvalue weighted by atomic mass is 15.1. The van der Waals surface area contributed by atoms with Crippen molar-refractivity contribution in [2.45, 2.75) is 27.3 Å². The minimum atomic E-state index is 0.560. The number of benzene rings is 2. The number of aromatic nitrogens is 2. The van der Waals surface area contributed by atoms with Crippen molar-refractivity contribution in [1.29, 1.82) is 0 Å². The molecule has 1 aromatic heterocycles. The van der Waals surface area contributed by atoms with E-state index in [2.05, 4.69) is 70.7 Å². The van der Waals surface area contributed by atoms with Crippen molar-refractivity contribution < 1.29 is 0 Å². The molecule has 3 aromatic rings. The molecule has 0 amide bonds. The van der Waals surface area contributed by atoms with Crippen LogP contribution < -0.4 is 11.1 Å². The summed E-state index contributed by atoms with van der Waals surface area (Å²) in [5.41, 5.74) is 11.1. The van der Waals surface area contributed by atoms with Crippen LogP contribution in [-0.2, 0) is 6.54 Å². The Hall–Kier alpha value is -2.76. The molecule has 5 nitrogen and oxygen atoms in total. The molecule has 0 saturated heterocycles. The molecule has 28 heavy (non-hydrogen) atoms. The van der Waals surface area contributed by atoms with Gasteiger partial charge in [0.2, 0.25) is 5.95 Å². The van der Waals surface area contributed by atoms with E-state index in [1.807, 2.05) is 39.1 Å². The van der Waals surface area contributed by atoms with Gasteiger partial charge in [0, 0.05) is 30.4 Å². The van der Waals surface area contributed by atoms with Gasteiger partial charge in [-0.05, 0) is 56.4 Å². The topological polar surface area (TPSA) is 67.1 Å². The predicted octanol–water partition coefficient (Wildman–Crippen LogP) is 4.82. The molecule has 3 rings (SSSR count). The molecule has 0 unspecified atom stereocenters. The second-order valence-corrected chi connectivity index (χ2v) is 6.77. The van der Waals surface area contributed by atoms with Gasteiger partial charge in [-0.25, -0.2) is 9.97 Å². The molecule has 0 bridgehead atoms. The summed E-state index contributed by atoms with van der Waals surface area (Å²) >= 11 is 0. The lowest BCUT2D eigenvalue weighted by atomic mass is 10.1. The minimum Gasteiger partial charge on any atom is -0.327 e. The van der Waals surface area contributed by atoms with E-state index in [1.54, 1.807) is 0 Å². The van der Waals surface area contributed by atoms with Crippen LogP contribution in [0, 0.1) is 0 Å². The number of hydrogen-bond donors (Lipinski definition) is 2. The molecular formula is C23H31N5. The van der Waals surface area contributed by atoms with Gasteiger partial charge < -0.3 is 16.0 Å². The zero-order chi connectivity index (χ0) is 20.5. The van der Waals surface area contributed by atoms with E-state index in [0.29, 0.717) is 12.5 Å². The monoisotopic (exact) mass is 377 g/mol. The summed E-state index contributed by atoms with van der Waals surface area (Å²) in [4.78, 5) is 11.2. The third-order valence-corrected chi connectivity index (χ3v) is 4.05. The third kappa shape index (κ3) is 6.15. The van der Waals surface area contributed by atoms with Gasteiger partial charge in [-0.2, -0.15) is 0 Å². The van der Waals surface area contributed by atoms with Crippen molar-refractivity contribution in [3.8, 4) is 0 Å². The zero-order valence-electron chi connectivity index (χ0n) is 17.5. The van der Waals surface area contributed by atoms with Crippen LogP contribution in [0.2, 0.25) is 0 Å². The zero-order valence-corrected chi connectivity index (χ0v) is 17.5. The van der Waals surface area contributed by atoms with E-state index in [-0.39, 0.29) is 0 Å². The van der Waals surface area contributed by atoms with Crippen molar-refractivity contribution in [3.63, 3.8) is 0 Å². The van der Waals surface area contributed by atoms with E-state index in [0.717, 1.165) is 34.3 Å². The molecule has 148 valence electrons. The standard InChI is InChI=1S/C21H25N5.C2H6/c1-15(12-22)10-17-6-9-20-18(11-17)13-23-21(25-20)24-19-7-4-16(5-8-19)14-26(2)3;1-2/h4-11,13H,12,14,22H2,1-3H3,(H,23,24,25);1-2H3/b15-10+;. The van der Waals surface area contributed by atoms with E-state index >= 15 is 0 Å². The normalized spacial score (nSPS) is 11.3. The maximum Gasteiger partial charge on any atom is 0.227 e. The molecule has 0 aliphatic heterocycles. The summed E-state index contributed by atoms with van der Waals surface area (Å²) in [6, 6.07) is 14.5. The predicted molar refractivity (Wildman–Crippen MR) is 121 cm³/mol. The summed E-state index contributed by atoms with van der Waals surface area (Å²) in [7, 11) is 4.13. The van der Waals surface area contributed by atoms with Crippen LogP contribution in [0.3, 0.4) is 0 Å². The first kappa shape index (κ1) is 21.5. The molecule has 3 N–H and O–H groups in total. The van der Waals surface area contributed by atoms with Crippen LogP contribution in [-0.4, -0.2) is 35.5 Å². The number of fused-ring (bicyclic) bond motifs is 1. The summed E-state index contributed by atoms with van der Waals surface area (Å²) < 4.78 is 0. The van der Waals surface area contributed by atoms with Crippen molar-refractivity contribution in [2.75, 3.05) is 26.0 Å². The molecule has 1 heterocycles. The average molecular weight is 378 g/mol. The Morgan fingerprint density at radius 3 is 2.46 bits per heavy atom. The van der Waals surface area contributed by atoms with Gasteiger partial charge in [-0.15, -0.1) is 0 Å². The first-order valence-corrected chi connectivity index (χ1v) is 9.68. The Morgan fingerprint density at radius 2 is 1.82 bits per heavy atom. The maximum atomic E-state index is 5.65. The molecule has 0 fully saturated rings. The molecule has 0 spiro atoms. The smallest absolute Gasteiger partial charge is 0.227 e. The van der Waals surface area contributed by atoms with Crippen molar-refractivity contribution in [3.05, 3.63) is 65.4 Å². The van der Waals surface area contributed by atoms with Gasteiger partial charge in [0.25, 0.3) is 0 Å². The summed E-state index contributed by atoms with van der Waals surface area (Å²) in [6.45, 7) is 7.51. The highest BCUT2D eigenvalue weighted by Crippen LogP contribution is 2.19. The fraction of sp³-hybridized carbons (Fsp3) is 0.304. The first-order chi connectivity index (χ1) is 13.5. The van der Waals surface area contributed by atoms with Crippen molar-refractivity contribution in [1.82, 2.24) is 14.9 Å². The van der Waals surface area contributed by atoms with Gasteiger partial charge in [-0.1, -0.05) is 43.7 Å². The number of nitrogens with two attached hydrogens (primary N) is 1. The highest BCUT2D eigenvalue weighted by Gasteiger charge is 2.03. The van der Waals surface area contributed by atoms with Gasteiger partial charge in [0.15, 0.2) is 0 Å². The van der Waals surface area contributed by atoms with Gasteiger partial charge in [-0.3, -0.25) is 0 Å². The number of anilines is 2.